The molecule has 206 valence electrons. The number of carbonyl (C=O) groups excluding carboxylic acids is 1. The lowest BCUT2D eigenvalue weighted by Gasteiger charge is -2.28. The standard InChI is InChI=1S/C32H44BrN3O2/c1-4-6-19-35(20-7-5-2)32(38)29-24(3)36(21-16-25-14-10-8-11-15-25)28-22-27(33)31(37)26(30(28)29)23-34-17-12-9-13-18-34/h8,10-11,14-15,22,37H,4-7,9,12-13,16-21,23H2,1-3H3. The van der Waals surface area contributed by atoms with Gasteiger partial charge in [-0.2, -0.15) is 0 Å². The number of hydrogen-bond acceptors (Lipinski definition) is 3. The summed E-state index contributed by atoms with van der Waals surface area (Å²) in [4.78, 5) is 18.8. The molecule has 0 unspecified atom stereocenters. The summed E-state index contributed by atoms with van der Waals surface area (Å²) < 4.78 is 3.00. The number of likely N-dealkylation sites (tertiary alicyclic amines) is 1. The van der Waals surface area contributed by atoms with Crippen LogP contribution in [0.5, 0.6) is 5.75 Å². The zero-order valence-electron chi connectivity index (χ0n) is 23.4. The molecule has 0 atom stereocenters. The lowest BCUT2D eigenvalue weighted by molar-refractivity contribution is 0.0752. The summed E-state index contributed by atoms with van der Waals surface area (Å²) in [5, 5.41) is 12.3. The maximum absolute atomic E-state index is 14.3. The van der Waals surface area contributed by atoms with E-state index in [1.807, 2.05) is 12.1 Å². The number of halogens is 1. The summed E-state index contributed by atoms with van der Waals surface area (Å²) in [6.45, 7) is 11.5. The summed E-state index contributed by atoms with van der Waals surface area (Å²) in [6, 6.07) is 12.5. The van der Waals surface area contributed by atoms with Crippen LogP contribution in [0.15, 0.2) is 40.9 Å². The Labute approximate surface area is 236 Å². The number of carbonyl (C=O) groups is 1. The van der Waals surface area contributed by atoms with E-state index >= 15 is 0 Å². The minimum atomic E-state index is 0.106. The van der Waals surface area contributed by atoms with Gasteiger partial charge in [0.05, 0.1) is 15.6 Å². The van der Waals surface area contributed by atoms with E-state index in [2.05, 4.69) is 75.3 Å². The molecule has 1 N–H and O–H groups in total. The molecule has 0 radical (unpaired) electrons. The van der Waals surface area contributed by atoms with Crippen molar-refractivity contribution in [3.8, 4) is 5.75 Å². The highest BCUT2D eigenvalue weighted by atomic mass is 79.9. The number of unbranched alkanes of at least 4 members (excludes halogenated alkanes) is 2. The molecule has 1 aliphatic heterocycles. The number of rotatable bonds is 12. The second-order valence-corrected chi connectivity index (χ2v) is 11.6. The van der Waals surface area contributed by atoms with Crippen molar-refractivity contribution < 1.29 is 9.90 Å². The van der Waals surface area contributed by atoms with Crippen molar-refractivity contribution in [3.63, 3.8) is 0 Å². The Bertz CT molecular complexity index is 1210. The van der Waals surface area contributed by atoms with Crippen molar-refractivity contribution in [1.29, 1.82) is 0 Å². The molecule has 6 heteroatoms. The van der Waals surface area contributed by atoms with E-state index in [0.29, 0.717) is 11.0 Å². The first-order chi connectivity index (χ1) is 18.5. The summed E-state index contributed by atoms with van der Waals surface area (Å²) in [7, 11) is 0. The number of phenolic OH excluding ortho intramolecular Hbond substituents is 1. The van der Waals surface area contributed by atoms with Crippen molar-refractivity contribution in [2.75, 3.05) is 26.2 Å². The van der Waals surface area contributed by atoms with Gasteiger partial charge in [-0.15, -0.1) is 0 Å². The Kier molecular flexibility index (Phi) is 10.3. The van der Waals surface area contributed by atoms with E-state index in [0.717, 1.165) is 92.6 Å². The highest BCUT2D eigenvalue weighted by Crippen LogP contribution is 2.40. The van der Waals surface area contributed by atoms with Crippen LogP contribution < -0.4 is 0 Å². The molecule has 3 aromatic rings. The minimum Gasteiger partial charge on any atom is -0.506 e. The van der Waals surface area contributed by atoms with Crippen LogP contribution in [0.1, 0.15) is 86.0 Å². The fourth-order valence-corrected chi connectivity index (χ4v) is 6.22. The van der Waals surface area contributed by atoms with Crippen LogP contribution in [0.25, 0.3) is 10.9 Å². The molecule has 1 saturated heterocycles. The highest BCUT2D eigenvalue weighted by Gasteiger charge is 2.29. The number of fused-ring (bicyclic) bond motifs is 1. The van der Waals surface area contributed by atoms with Crippen molar-refractivity contribution in [1.82, 2.24) is 14.4 Å². The van der Waals surface area contributed by atoms with Crippen molar-refractivity contribution >= 4 is 32.7 Å². The fraction of sp³-hybridized carbons (Fsp3) is 0.531. The van der Waals surface area contributed by atoms with Crippen LogP contribution in [0.2, 0.25) is 0 Å². The Hall–Kier alpha value is -2.31. The molecule has 1 aromatic heterocycles. The van der Waals surface area contributed by atoms with Crippen LogP contribution in [0, 0.1) is 6.92 Å². The van der Waals surface area contributed by atoms with Gasteiger partial charge in [-0.3, -0.25) is 9.69 Å². The summed E-state index contributed by atoms with van der Waals surface area (Å²) >= 11 is 3.65. The van der Waals surface area contributed by atoms with E-state index in [4.69, 9.17) is 0 Å². The van der Waals surface area contributed by atoms with Gasteiger partial charge < -0.3 is 14.6 Å². The summed E-state index contributed by atoms with van der Waals surface area (Å²) in [5.41, 5.74) is 4.96. The Morgan fingerprint density at radius 2 is 1.68 bits per heavy atom. The van der Waals surface area contributed by atoms with E-state index in [1.54, 1.807) is 0 Å². The molecule has 0 aliphatic carbocycles. The summed E-state index contributed by atoms with van der Waals surface area (Å²) in [5.74, 6) is 0.375. The third-order valence-corrected chi connectivity index (χ3v) is 8.61. The molecule has 1 aliphatic rings. The SMILES string of the molecule is CCCCN(CCCC)C(=O)c1c(C)n(CCc2ccccc2)c2cc(Br)c(O)c(CN3CCCCC3)c12. The predicted molar refractivity (Wildman–Crippen MR) is 161 cm³/mol. The number of aryl methyl sites for hydroxylation is 2. The second-order valence-electron chi connectivity index (χ2n) is 10.8. The largest absolute Gasteiger partial charge is 0.506 e. The number of hydrogen-bond donors (Lipinski definition) is 1. The topological polar surface area (TPSA) is 48.7 Å². The molecule has 5 nitrogen and oxygen atoms in total. The van der Waals surface area contributed by atoms with Gasteiger partial charge in [-0.05, 0) is 79.7 Å². The first-order valence-corrected chi connectivity index (χ1v) is 15.3. The molecule has 1 fully saturated rings. The number of aromatic hydroxyl groups is 1. The quantitative estimate of drug-likeness (QED) is 0.238. The van der Waals surface area contributed by atoms with Crippen LogP contribution in [-0.2, 0) is 19.5 Å². The van der Waals surface area contributed by atoms with Gasteiger partial charge >= 0.3 is 0 Å². The smallest absolute Gasteiger partial charge is 0.256 e. The second kappa shape index (κ2) is 13.7. The van der Waals surface area contributed by atoms with Gasteiger partial charge in [-0.25, -0.2) is 0 Å². The van der Waals surface area contributed by atoms with E-state index < -0.39 is 0 Å². The fourth-order valence-electron chi connectivity index (χ4n) is 5.77. The van der Waals surface area contributed by atoms with Gasteiger partial charge in [0.25, 0.3) is 5.91 Å². The molecule has 0 saturated carbocycles. The van der Waals surface area contributed by atoms with Gasteiger partial charge in [0, 0.05) is 42.8 Å². The van der Waals surface area contributed by atoms with Crippen LogP contribution in [-0.4, -0.2) is 51.6 Å². The van der Waals surface area contributed by atoms with Crippen molar-refractivity contribution in [2.24, 2.45) is 0 Å². The summed E-state index contributed by atoms with van der Waals surface area (Å²) in [6.07, 6.45) is 8.62. The van der Waals surface area contributed by atoms with Gasteiger partial charge in [0.1, 0.15) is 5.75 Å². The third kappa shape index (κ3) is 6.45. The maximum Gasteiger partial charge on any atom is 0.256 e. The molecule has 38 heavy (non-hydrogen) atoms. The molecule has 1 amide bonds. The molecular formula is C32H44BrN3O2. The van der Waals surface area contributed by atoms with E-state index in [1.165, 1.54) is 24.8 Å². The first kappa shape index (κ1) is 28.7. The Morgan fingerprint density at radius 1 is 1.03 bits per heavy atom. The molecule has 0 bridgehead atoms. The number of phenols is 1. The molecular weight excluding hydrogens is 538 g/mol. The van der Waals surface area contributed by atoms with Crippen LogP contribution >= 0.6 is 15.9 Å². The van der Waals surface area contributed by atoms with Crippen LogP contribution in [0.3, 0.4) is 0 Å². The number of aromatic nitrogens is 1. The highest BCUT2D eigenvalue weighted by molar-refractivity contribution is 9.10. The van der Waals surface area contributed by atoms with Gasteiger partial charge in [0.2, 0.25) is 0 Å². The Balaban J connectivity index is 1.85. The lowest BCUT2D eigenvalue weighted by atomic mass is 10.0. The van der Waals surface area contributed by atoms with Crippen LogP contribution in [0.4, 0.5) is 0 Å². The average Bonchev–Trinajstić information content (AvgIpc) is 3.21. The van der Waals surface area contributed by atoms with E-state index in [-0.39, 0.29) is 11.7 Å². The Morgan fingerprint density at radius 3 is 2.32 bits per heavy atom. The van der Waals surface area contributed by atoms with E-state index in [9.17, 15) is 9.90 Å². The monoisotopic (exact) mass is 581 g/mol. The maximum atomic E-state index is 14.3. The average molecular weight is 583 g/mol. The predicted octanol–water partition coefficient (Wildman–Crippen LogP) is 7.69. The number of nitrogens with zero attached hydrogens (tertiary/aromatic N) is 3. The number of benzene rings is 2. The van der Waals surface area contributed by atoms with Crippen molar-refractivity contribution in [2.45, 2.75) is 85.2 Å². The molecule has 4 rings (SSSR count). The number of amides is 1. The first-order valence-electron chi connectivity index (χ1n) is 14.5. The van der Waals surface area contributed by atoms with Gasteiger partial charge in [0.15, 0.2) is 0 Å². The molecule has 2 heterocycles. The molecule has 0 spiro atoms. The van der Waals surface area contributed by atoms with Crippen molar-refractivity contribution in [3.05, 3.63) is 63.3 Å². The normalized spacial score (nSPS) is 14.3. The lowest BCUT2D eigenvalue weighted by Crippen LogP contribution is -2.33. The van der Waals surface area contributed by atoms with Gasteiger partial charge in [-0.1, -0.05) is 63.4 Å². The zero-order chi connectivity index (χ0) is 27.1. The molecule has 2 aromatic carbocycles. The number of piperidine rings is 1. The zero-order valence-corrected chi connectivity index (χ0v) is 25.0. The minimum absolute atomic E-state index is 0.106. The third-order valence-electron chi connectivity index (χ3n) is 8.00.